The van der Waals surface area contributed by atoms with E-state index >= 15 is 0 Å². The van der Waals surface area contributed by atoms with Gasteiger partial charge in [-0.15, -0.1) is 0 Å². The van der Waals surface area contributed by atoms with Crippen molar-refractivity contribution in [3.05, 3.63) is 35.4 Å². The highest BCUT2D eigenvalue weighted by molar-refractivity contribution is 5.30. The maximum atomic E-state index is 12.5. The van der Waals surface area contributed by atoms with Gasteiger partial charge in [-0.3, -0.25) is 0 Å². The summed E-state index contributed by atoms with van der Waals surface area (Å²) in [5.41, 5.74) is 6.31. The molecule has 3 heteroatoms. The van der Waals surface area contributed by atoms with Crippen LogP contribution >= 0.6 is 0 Å². The van der Waals surface area contributed by atoms with Crippen LogP contribution < -0.4 is 5.73 Å². The van der Waals surface area contributed by atoms with Gasteiger partial charge in [0.25, 0.3) is 6.43 Å². The molecule has 0 amide bonds. The van der Waals surface area contributed by atoms with Crippen LogP contribution in [0.1, 0.15) is 36.9 Å². The molecular formula is C10H13F2N. The highest BCUT2D eigenvalue weighted by Gasteiger charge is 2.15. The molecule has 0 radical (unpaired) electrons. The van der Waals surface area contributed by atoms with Gasteiger partial charge in [0.1, 0.15) is 0 Å². The minimum atomic E-state index is -2.44. The summed E-state index contributed by atoms with van der Waals surface area (Å²) in [6.45, 7) is 1.88. The Morgan fingerprint density at radius 2 is 1.77 bits per heavy atom. The van der Waals surface area contributed by atoms with Crippen molar-refractivity contribution in [1.82, 2.24) is 0 Å². The molecule has 0 aliphatic rings. The van der Waals surface area contributed by atoms with Gasteiger partial charge in [-0.2, -0.15) is 0 Å². The van der Waals surface area contributed by atoms with Crippen molar-refractivity contribution in [2.75, 3.05) is 0 Å². The van der Waals surface area contributed by atoms with E-state index in [4.69, 9.17) is 5.73 Å². The maximum absolute atomic E-state index is 12.5. The molecule has 1 nitrogen and oxygen atoms in total. The fourth-order valence-electron chi connectivity index (χ4n) is 1.27. The Morgan fingerprint density at radius 1 is 1.23 bits per heavy atom. The summed E-state index contributed by atoms with van der Waals surface area (Å²) in [6, 6.07) is 6.14. The van der Waals surface area contributed by atoms with Crippen molar-refractivity contribution >= 4 is 0 Å². The predicted octanol–water partition coefficient (Wildman–Crippen LogP) is 3.03. The lowest BCUT2D eigenvalue weighted by Gasteiger charge is -2.13. The Bertz CT molecular complexity index is 273. The second kappa shape index (κ2) is 4.33. The number of alkyl halides is 2. The van der Waals surface area contributed by atoms with Gasteiger partial charge in [0.05, 0.1) is 0 Å². The first-order valence-electron chi connectivity index (χ1n) is 4.29. The standard InChI is InChI=1S/C10H13F2N/c1-2-9(13)7-5-3-4-6-8(7)10(11)12/h3-6,9-10H,2,13H2,1H3/t9-/m1/s1. The minimum Gasteiger partial charge on any atom is -0.324 e. The quantitative estimate of drug-likeness (QED) is 0.769. The highest BCUT2D eigenvalue weighted by Crippen LogP contribution is 2.27. The first-order chi connectivity index (χ1) is 6.16. The van der Waals surface area contributed by atoms with E-state index in [1.54, 1.807) is 18.2 Å². The van der Waals surface area contributed by atoms with Crippen molar-refractivity contribution in [2.45, 2.75) is 25.8 Å². The second-order valence-corrected chi connectivity index (χ2v) is 2.94. The van der Waals surface area contributed by atoms with Gasteiger partial charge in [0, 0.05) is 11.6 Å². The Labute approximate surface area is 76.6 Å². The molecule has 0 aliphatic heterocycles. The lowest BCUT2D eigenvalue weighted by Crippen LogP contribution is -2.11. The van der Waals surface area contributed by atoms with Gasteiger partial charge in [-0.1, -0.05) is 31.2 Å². The molecule has 0 saturated carbocycles. The molecule has 0 aliphatic carbocycles. The molecule has 1 aromatic rings. The van der Waals surface area contributed by atoms with Gasteiger partial charge in [0.15, 0.2) is 0 Å². The largest absolute Gasteiger partial charge is 0.324 e. The van der Waals surface area contributed by atoms with Gasteiger partial charge in [0.2, 0.25) is 0 Å². The molecular weight excluding hydrogens is 172 g/mol. The van der Waals surface area contributed by atoms with Crippen molar-refractivity contribution < 1.29 is 8.78 Å². The average Bonchev–Trinajstić information content (AvgIpc) is 2.16. The van der Waals surface area contributed by atoms with E-state index in [1.165, 1.54) is 6.07 Å². The smallest absolute Gasteiger partial charge is 0.264 e. The van der Waals surface area contributed by atoms with E-state index in [1.807, 2.05) is 6.92 Å². The third-order valence-electron chi connectivity index (χ3n) is 2.07. The zero-order valence-corrected chi connectivity index (χ0v) is 7.50. The van der Waals surface area contributed by atoms with Crippen LogP contribution in [0.2, 0.25) is 0 Å². The normalized spacial score (nSPS) is 13.3. The summed E-state index contributed by atoms with van der Waals surface area (Å²) in [6.07, 6.45) is -1.77. The van der Waals surface area contributed by atoms with Crippen LogP contribution in [-0.4, -0.2) is 0 Å². The van der Waals surface area contributed by atoms with Crippen LogP contribution in [0.4, 0.5) is 8.78 Å². The van der Waals surface area contributed by atoms with E-state index in [0.717, 1.165) is 0 Å². The Hall–Kier alpha value is -0.960. The average molecular weight is 185 g/mol. The maximum Gasteiger partial charge on any atom is 0.264 e. The monoisotopic (exact) mass is 185 g/mol. The molecule has 0 spiro atoms. The number of halogens is 2. The minimum absolute atomic E-state index is 0.0526. The topological polar surface area (TPSA) is 26.0 Å². The van der Waals surface area contributed by atoms with E-state index in [9.17, 15) is 8.78 Å². The number of hydrogen-bond acceptors (Lipinski definition) is 1. The Morgan fingerprint density at radius 3 is 2.23 bits per heavy atom. The Balaban J connectivity index is 3.04. The third kappa shape index (κ3) is 2.25. The molecule has 0 unspecified atom stereocenters. The molecule has 1 rings (SSSR count). The molecule has 0 fully saturated rings. The van der Waals surface area contributed by atoms with Crippen LogP contribution in [0.25, 0.3) is 0 Å². The van der Waals surface area contributed by atoms with Crippen LogP contribution in [0, 0.1) is 0 Å². The van der Waals surface area contributed by atoms with Crippen LogP contribution in [0.3, 0.4) is 0 Å². The van der Waals surface area contributed by atoms with Crippen molar-refractivity contribution in [1.29, 1.82) is 0 Å². The molecule has 0 bridgehead atoms. The zero-order chi connectivity index (χ0) is 9.84. The molecule has 1 aromatic carbocycles. The van der Waals surface area contributed by atoms with E-state index < -0.39 is 6.43 Å². The van der Waals surface area contributed by atoms with Gasteiger partial charge >= 0.3 is 0 Å². The lowest BCUT2D eigenvalue weighted by molar-refractivity contribution is 0.149. The lowest BCUT2D eigenvalue weighted by atomic mass is 9.99. The summed E-state index contributed by atoms with van der Waals surface area (Å²) in [4.78, 5) is 0. The van der Waals surface area contributed by atoms with Crippen LogP contribution in [-0.2, 0) is 0 Å². The summed E-state index contributed by atoms with van der Waals surface area (Å²) in [5, 5.41) is 0. The van der Waals surface area contributed by atoms with Crippen molar-refractivity contribution in [3.63, 3.8) is 0 Å². The molecule has 0 saturated heterocycles. The number of rotatable bonds is 3. The van der Waals surface area contributed by atoms with Gasteiger partial charge in [-0.25, -0.2) is 8.78 Å². The predicted molar refractivity (Wildman–Crippen MR) is 48.6 cm³/mol. The first-order valence-corrected chi connectivity index (χ1v) is 4.29. The molecule has 0 heterocycles. The number of nitrogens with two attached hydrogens (primary N) is 1. The summed E-state index contributed by atoms with van der Waals surface area (Å²) < 4.78 is 24.9. The SMILES string of the molecule is CC[C@@H](N)c1ccccc1C(F)F. The molecule has 13 heavy (non-hydrogen) atoms. The van der Waals surface area contributed by atoms with E-state index in [-0.39, 0.29) is 11.6 Å². The van der Waals surface area contributed by atoms with Crippen molar-refractivity contribution in [2.24, 2.45) is 5.73 Å². The molecule has 72 valence electrons. The first kappa shape index (κ1) is 10.1. The van der Waals surface area contributed by atoms with Gasteiger partial charge < -0.3 is 5.73 Å². The molecule has 0 aromatic heterocycles. The number of hydrogen-bond donors (Lipinski definition) is 1. The van der Waals surface area contributed by atoms with Crippen LogP contribution in [0.15, 0.2) is 24.3 Å². The van der Waals surface area contributed by atoms with E-state index in [0.29, 0.717) is 12.0 Å². The van der Waals surface area contributed by atoms with Crippen molar-refractivity contribution in [3.8, 4) is 0 Å². The van der Waals surface area contributed by atoms with E-state index in [2.05, 4.69) is 0 Å². The summed E-state index contributed by atoms with van der Waals surface area (Å²) in [5.74, 6) is 0. The fourth-order valence-corrected chi connectivity index (χ4v) is 1.27. The zero-order valence-electron chi connectivity index (χ0n) is 7.50. The third-order valence-corrected chi connectivity index (χ3v) is 2.07. The second-order valence-electron chi connectivity index (χ2n) is 2.94. The fraction of sp³-hybridized carbons (Fsp3) is 0.400. The summed E-state index contributed by atoms with van der Waals surface area (Å²) >= 11 is 0. The van der Waals surface area contributed by atoms with Crippen LogP contribution in [0.5, 0.6) is 0 Å². The number of benzene rings is 1. The summed E-state index contributed by atoms with van der Waals surface area (Å²) in [7, 11) is 0. The Kier molecular flexibility index (Phi) is 3.37. The molecule has 1 atom stereocenters. The van der Waals surface area contributed by atoms with Gasteiger partial charge in [-0.05, 0) is 12.0 Å². The molecule has 2 N–H and O–H groups in total. The highest BCUT2D eigenvalue weighted by atomic mass is 19.3.